The van der Waals surface area contributed by atoms with Gasteiger partial charge in [0.15, 0.2) is 23.4 Å². The summed E-state index contributed by atoms with van der Waals surface area (Å²) in [5, 5.41) is 16.1. The molecule has 1 unspecified atom stereocenters. The number of aromatic nitrogens is 4. The van der Waals surface area contributed by atoms with Crippen LogP contribution in [-0.4, -0.2) is 60.0 Å². The van der Waals surface area contributed by atoms with Crippen molar-refractivity contribution in [2.45, 2.75) is 18.7 Å². The third kappa shape index (κ3) is 5.66. The van der Waals surface area contributed by atoms with Gasteiger partial charge in [0.05, 0.1) is 44.0 Å². The second-order valence-electron chi connectivity index (χ2n) is 8.91. The lowest BCUT2D eigenvalue weighted by Gasteiger charge is -2.15. The number of nitrogens with zero attached hydrogens (tertiary/aromatic N) is 5. The van der Waals surface area contributed by atoms with Crippen molar-refractivity contribution < 1.29 is 37.0 Å². The Balaban J connectivity index is 1.27. The van der Waals surface area contributed by atoms with Crippen LogP contribution in [0.15, 0.2) is 59.8 Å². The van der Waals surface area contributed by atoms with E-state index in [9.17, 15) is 13.2 Å². The van der Waals surface area contributed by atoms with Gasteiger partial charge in [-0.1, -0.05) is 17.3 Å². The Kier molecular flexibility index (Phi) is 7.55. The van der Waals surface area contributed by atoms with Crippen LogP contribution >= 0.6 is 0 Å². The number of benzene rings is 3. The van der Waals surface area contributed by atoms with Crippen LogP contribution in [0.1, 0.15) is 17.5 Å². The van der Waals surface area contributed by atoms with E-state index in [1.54, 1.807) is 30.3 Å². The summed E-state index contributed by atoms with van der Waals surface area (Å²) in [6.45, 7) is 0.125. The minimum Gasteiger partial charge on any atom is -0.493 e. The molecule has 2 N–H and O–H groups in total. The molecule has 1 aromatic heterocycles. The number of hydrogen-bond acceptors (Lipinski definition) is 10. The Labute approximate surface area is 232 Å². The van der Waals surface area contributed by atoms with E-state index in [4.69, 9.17) is 29.5 Å². The van der Waals surface area contributed by atoms with Crippen LogP contribution in [0.3, 0.4) is 0 Å². The molecule has 0 amide bonds. The van der Waals surface area contributed by atoms with Crippen molar-refractivity contribution in [2.75, 3.05) is 33.7 Å². The first-order valence-corrected chi connectivity index (χ1v) is 12.2. The fourth-order valence-corrected chi connectivity index (χ4v) is 4.27. The van der Waals surface area contributed by atoms with Gasteiger partial charge in [-0.2, -0.15) is 17.9 Å². The van der Waals surface area contributed by atoms with E-state index in [1.807, 2.05) is 0 Å². The zero-order chi connectivity index (χ0) is 29.1. The average molecular weight is 571 g/mol. The molecule has 0 spiro atoms. The maximum Gasteiger partial charge on any atom is 0.416 e. The number of nitrogens with two attached hydrogens (primary N) is 1. The van der Waals surface area contributed by atoms with Crippen LogP contribution in [0.5, 0.6) is 23.0 Å². The summed E-state index contributed by atoms with van der Waals surface area (Å²) >= 11 is 0. The fourth-order valence-electron chi connectivity index (χ4n) is 4.27. The van der Waals surface area contributed by atoms with Crippen molar-refractivity contribution in [1.29, 1.82) is 0 Å². The quantitative estimate of drug-likeness (QED) is 0.289. The average Bonchev–Trinajstić information content (AvgIpc) is 3.66. The van der Waals surface area contributed by atoms with E-state index in [1.165, 1.54) is 38.1 Å². The highest BCUT2D eigenvalue weighted by Crippen LogP contribution is 2.40. The van der Waals surface area contributed by atoms with E-state index in [2.05, 4.69) is 20.7 Å². The van der Waals surface area contributed by atoms with Gasteiger partial charge in [-0.05, 0) is 46.3 Å². The first-order valence-electron chi connectivity index (χ1n) is 12.2. The van der Waals surface area contributed by atoms with Crippen molar-refractivity contribution in [2.24, 2.45) is 5.16 Å². The van der Waals surface area contributed by atoms with Gasteiger partial charge in [0.2, 0.25) is 5.75 Å². The summed E-state index contributed by atoms with van der Waals surface area (Å²) in [6, 6.07) is 13.3. The van der Waals surface area contributed by atoms with E-state index in [-0.39, 0.29) is 6.61 Å². The van der Waals surface area contributed by atoms with E-state index in [0.29, 0.717) is 63.5 Å². The van der Waals surface area contributed by atoms with Gasteiger partial charge in [-0.25, -0.2) is 0 Å². The van der Waals surface area contributed by atoms with Gasteiger partial charge < -0.3 is 29.5 Å². The second kappa shape index (κ2) is 11.2. The number of tetrazole rings is 1. The monoisotopic (exact) mass is 570 g/mol. The summed E-state index contributed by atoms with van der Waals surface area (Å²) in [5.74, 6) is 2.12. The molecule has 0 bridgehead atoms. The highest BCUT2D eigenvalue weighted by Gasteiger charge is 2.31. The molecule has 0 saturated carbocycles. The van der Waals surface area contributed by atoms with E-state index in [0.717, 1.165) is 12.1 Å². The standard InChI is InChI=1S/C27H25F3N6O5/c1-37-23-11-18(12-24(38-2)25(23)39-3)36-26(32-34-35-36)16-6-9-22(20(31)10-16)40-14-19-13-21(33-41-19)15-4-7-17(8-5-15)27(28,29)30/h4-12,19H,13-14,31H2,1-3H3. The number of hydrogen-bond donors (Lipinski definition) is 1. The number of rotatable bonds is 9. The van der Waals surface area contributed by atoms with Crippen molar-refractivity contribution in [1.82, 2.24) is 20.2 Å². The Morgan fingerprint density at radius 3 is 2.22 bits per heavy atom. The molecule has 4 aromatic rings. The molecule has 0 aliphatic carbocycles. The predicted octanol–water partition coefficient (Wildman–Crippen LogP) is 4.53. The molecular weight excluding hydrogens is 545 g/mol. The van der Waals surface area contributed by atoms with Gasteiger partial charge in [0.25, 0.3) is 0 Å². The summed E-state index contributed by atoms with van der Waals surface area (Å²) in [6.07, 6.45) is -4.47. The largest absolute Gasteiger partial charge is 0.493 e. The third-order valence-electron chi connectivity index (χ3n) is 6.33. The second-order valence-corrected chi connectivity index (χ2v) is 8.91. The summed E-state index contributed by atoms with van der Waals surface area (Å²) < 4.78 is 62.1. The number of nitrogen functional groups attached to an aromatic ring is 1. The minimum atomic E-state index is -4.40. The minimum absolute atomic E-state index is 0.125. The molecule has 214 valence electrons. The number of halogens is 3. The molecule has 1 aliphatic heterocycles. The number of anilines is 1. The first-order chi connectivity index (χ1) is 19.7. The Morgan fingerprint density at radius 1 is 0.927 bits per heavy atom. The highest BCUT2D eigenvalue weighted by molar-refractivity contribution is 6.01. The zero-order valence-electron chi connectivity index (χ0n) is 22.2. The van der Waals surface area contributed by atoms with Gasteiger partial charge >= 0.3 is 6.18 Å². The SMILES string of the molecule is COc1cc(-n2nnnc2-c2ccc(OCC3CC(c4ccc(C(F)(F)F)cc4)=NO3)c(N)c2)cc(OC)c1OC. The highest BCUT2D eigenvalue weighted by atomic mass is 19.4. The lowest BCUT2D eigenvalue weighted by Crippen LogP contribution is -2.18. The summed E-state index contributed by atoms with van der Waals surface area (Å²) in [7, 11) is 4.54. The predicted molar refractivity (Wildman–Crippen MR) is 142 cm³/mol. The molecule has 2 heterocycles. The van der Waals surface area contributed by atoms with Crippen LogP contribution in [0.2, 0.25) is 0 Å². The van der Waals surface area contributed by atoms with Crippen molar-refractivity contribution in [3.63, 3.8) is 0 Å². The molecule has 11 nitrogen and oxygen atoms in total. The van der Waals surface area contributed by atoms with Crippen molar-refractivity contribution >= 4 is 11.4 Å². The van der Waals surface area contributed by atoms with Gasteiger partial charge in [0, 0.05) is 24.1 Å². The van der Waals surface area contributed by atoms with Gasteiger partial charge in [-0.3, -0.25) is 0 Å². The number of ether oxygens (including phenoxy) is 4. The normalized spacial score (nSPS) is 14.8. The number of oxime groups is 1. The van der Waals surface area contributed by atoms with Crippen molar-refractivity contribution in [3.05, 3.63) is 65.7 Å². The van der Waals surface area contributed by atoms with Crippen LogP contribution in [0, 0.1) is 0 Å². The van der Waals surface area contributed by atoms with E-state index < -0.39 is 17.8 Å². The topological polar surface area (TPSA) is 128 Å². The van der Waals surface area contributed by atoms with Crippen LogP contribution in [0.25, 0.3) is 17.1 Å². The van der Waals surface area contributed by atoms with Gasteiger partial charge in [0.1, 0.15) is 12.4 Å². The molecule has 0 saturated heterocycles. The smallest absolute Gasteiger partial charge is 0.416 e. The van der Waals surface area contributed by atoms with Gasteiger partial charge in [-0.15, -0.1) is 5.10 Å². The van der Waals surface area contributed by atoms with Crippen LogP contribution in [-0.2, 0) is 11.0 Å². The van der Waals surface area contributed by atoms with E-state index >= 15 is 0 Å². The van der Waals surface area contributed by atoms with Crippen LogP contribution in [0.4, 0.5) is 18.9 Å². The molecule has 1 atom stereocenters. The Bertz CT molecular complexity index is 1550. The molecule has 3 aromatic carbocycles. The molecule has 1 aliphatic rings. The molecule has 0 radical (unpaired) electrons. The third-order valence-corrected chi connectivity index (χ3v) is 6.33. The first kappa shape index (κ1) is 27.6. The Hall–Kier alpha value is -5.01. The maximum atomic E-state index is 12.8. The maximum absolute atomic E-state index is 12.8. The molecule has 14 heteroatoms. The molecular formula is C27H25F3N6O5. The molecule has 0 fully saturated rings. The summed E-state index contributed by atoms with van der Waals surface area (Å²) in [4.78, 5) is 5.42. The number of methoxy groups -OCH3 is 3. The zero-order valence-corrected chi connectivity index (χ0v) is 22.2. The Morgan fingerprint density at radius 2 is 1.61 bits per heavy atom. The fraction of sp³-hybridized carbons (Fsp3) is 0.259. The summed E-state index contributed by atoms with van der Waals surface area (Å²) in [5.41, 5.74) is 8.17. The molecule has 41 heavy (non-hydrogen) atoms. The van der Waals surface area contributed by atoms with Crippen LogP contribution < -0.4 is 24.7 Å². The van der Waals surface area contributed by atoms with Crippen molar-refractivity contribution in [3.8, 4) is 40.1 Å². The molecule has 5 rings (SSSR count). The number of alkyl halides is 3. The lowest BCUT2D eigenvalue weighted by atomic mass is 10.0. The lowest BCUT2D eigenvalue weighted by molar-refractivity contribution is -0.137.